The van der Waals surface area contributed by atoms with Crippen LogP contribution in [-0.2, 0) is 0 Å². The smallest absolute Gasteiger partial charge is 0.207 e. The Morgan fingerprint density at radius 2 is 1.46 bits per heavy atom. The van der Waals surface area contributed by atoms with Gasteiger partial charge < -0.3 is 4.42 Å². The van der Waals surface area contributed by atoms with Crippen LogP contribution < -0.4 is 0 Å². The molecule has 0 N–H and O–H groups in total. The standard InChI is InChI=1S/C21H16BrNO/c1-14-12-17(22)20-18(13-14)23-21(24-20)19(15-8-4-2-5-9-15)16-10-6-3-7-11-16/h2-13,19H,1H3. The molecule has 0 saturated carbocycles. The van der Waals surface area contributed by atoms with Crippen molar-refractivity contribution in [2.45, 2.75) is 12.8 Å². The van der Waals surface area contributed by atoms with Gasteiger partial charge in [-0.3, -0.25) is 0 Å². The molecular weight excluding hydrogens is 362 g/mol. The van der Waals surface area contributed by atoms with Crippen LogP contribution in [0.3, 0.4) is 0 Å². The number of oxazole rings is 1. The number of aromatic nitrogens is 1. The first-order chi connectivity index (χ1) is 11.7. The molecule has 0 unspecified atom stereocenters. The summed E-state index contributed by atoms with van der Waals surface area (Å²) in [5.74, 6) is 0.695. The molecule has 2 nitrogen and oxygen atoms in total. The van der Waals surface area contributed by atoms with Crippen molar-refractivity contribution in [1.29, 1.82) is 0 Å². The Labute approximate surface area is 149 Å². The Morgan fingerprint density at radius 1 is 0.875 bits per heavy atom. The van der Waals surface area contributed by atoms with E-state index in [0.29, 0.717) is 5.89 Å². The van der Waals surface area contributed by atoms with Gasteiger partial charge in [0.2, 0.25) is 5.89 Å². The van der Waals surface area contributed by atoms with E-state index in [1.165, 1.54) is 11.1 Å². The second-order valence-corrected chi connectivity index (χ2v) is 6.76. The van der Waals surface area contributed by atoms with Crippen molar-refractivity contribution < 1.29 is 4.42 Å². The normalized spacial score (nSPS) is 11.3. The van der Waals surface area contributed by atoms with Gasteiger partial charge in [-0.2, -0.15) is 0 Å². The van der Waals surface area contributed by atoms with E-state index in [4.69, 9.17) is 9.40 Å². The first-order valence-corrected chi connectivity index (χ1v) is 8.68. The highest BCUT2D eigenvalue weighted by atomic mass is 79.9. The average Bonchev–Trinajstić information content (AvgIpc) is 3.01. The Balaban J connectivity index is 1.93. The van der Waals surface area contributed by atoms with Crippen LogP contribution in [0.1, 0.15) is 28.5 Å². The van der Waals surface area contributed by atoms with Crippen LogP contribution in [-0.4, -0.2) is 4.98 Å². The Hall–Kier alpha value is -2.39. The monoisotopic (exact) mass is 377 g/mol. The van der Waals surface area contributed by atoms with Crippen molar-refractivity contribution in [3.63, 3.8) is 0 Å². The lowest BCUT2D eigenvalue weighted by Gasteiger charge is -2.14. The van der Waals surface area contributed by atoms with Gasteiger partial charge in [-0.15, -0.1) is 0 Å². The van der Waals surface area contributed by atoms with E-state index in [9.17, 15) is 0 Å². The number of aryl methyl sites for hydroxylation is 1. The SMILES string of the molecule is Cc1cc(Br)c2oc(C(c3ccccc3)c3ccccc3)nc2c1. The van der Waals surface area contributed by atoms with Gasteiger partial charge >= 0.3 is 0 Å². The van der Waals surface area contributed by atoms with Crippen molar-refractivity contribution in [1.82, 2.24) is 4.98 Å². The lowest BCUT2D eigenvalue weighted by Crippen LogP contribution is -2.03. The van der Waals surface area contributed by atoms with E-state index in [1.54, 1.807) is 0 Å². The molecule has 0 atom stereocenters. The zero-order valence-corrected chi connectivity index (χ0v) is 14.8. The van der Waals surface area contributed by atoms with Crippen LogP contribution in [0.5, 0.6) is 0 Å². The van der Waals surface area contributed by atoms with Crippen molar-refractivity contribution in [2.24, 2.45) is 0 Å². The fraction of sp³-hybridized carbons (Fsp3) is 0.0952. The van der Waals surface area contributed by atoms with Gasteiger partial charge in [-0.25, -0.2) is 4.98 Å². The first-order valence-electron chi connectivity index (χ1n) is 7.89. The highest BCUT2D eigenvalue weighted by molar-refractivity contribution is 9.10. The number of nitrogens with zero attached hydrogens (tertiary/aromatic N) is 1. The number of fused-ring (bicyclic) bond motifs is 1. The molecule has 0 aliphatic carbocycles. The van der Waals surface area contributed by atoms with E-state index in [1.807, 2.05) is 36.4 Å². The molecule has 0 fully saturated rings. The zero-order chi connectivity index (χ0) is 16.5. The molecule has 0 radical (unpaired) electrons. The minimum Gasteiger partial charge on any atom is -0.438 e. The van der Waals surface area contributed by atoms with Gasteiger partial charge in [-0.05, 0) is 51.7 Å². The molecule has 0 spiro atoms. The topological polar surface area (TPSA) is 26.0 Å². The number of benzene rings is 3. The molecule has 24 heavy (non-hydrogen) atoms. The van der Waals surface area contributed by atoms with Gasteiger partial charge in [0.1, 0.15) is 5.52 Å². The Bertz CT molecular complexity index is 937. The third-order valence-corrected chi connectivity index (χ3v) is 4.71. The van der Waals surface area contributed by atoms with E-state index >= 15 is 0 Å². The summed E-state index contributed by atoms with van der Waals surface area (Å²) in [6.07, 6.45) is 0. The Kier molecular flexibility index (Phi) is 3.95. The average molecular weight is 378 g/mol. The largest absolute Gasteiger partial charge is 0.438 e. The Morgan fingerprint density at radius 3 is 2.04 bits per heavy atom. The van der Waals surface area contributed by atoms with E-state index < -0.39 is 0 Å². The molecule has 0 aliphatic rings. The summed E-state index contributed by atoms with van der Waals surface area (Å²) in [6.45, 7) is 2.06. The maximum Gasteiger partial charge on any atom is 0.207 e. The van der Waals surface area contributed by atoms with E-state index in [2.05, 4.69) is 59.3 Å². The van der Waals surface area contributed by atoms with Crippen molar-refractivity contribution >= 4 is 27.0 Å². The zero-order valence-electron chi connectivity index (χ0n) is 13.2. The fourth-order valence-corrected chi connectivity index (χ4v) is 3.68. The van der Waals surface area contributed by atoms with Crippen molar-refractivity contribution in [3.8, 4) is 0 Å². The summed E-state index contributed by atoms with van der Waals surface area (Å²) in [5.41, 5.74) is 5.18. The second kappa shape index (κ2) is 6.25. The van der Waals surface area contributed by atoms with Gasteiger partial charge in [0, 0.05) is 0 Å². The molecule has 0 amide bonds. The molecule has 0 bridgehead atoms. The summed E-state index contributed by atoms with van der Waals surface area (Å²) in [6, 6.07) is 24.8. The number of rotatable bonds is 3. The molecule has 1 aromatic heterocycles. The molecule has 1 heterocycles. The third kappa shape index (κ3) is 2.76. The van der Waals surface area contributed by atoms with Crippen molar-refractivity contribution in [2.75, 3.05) is 0 Å². The molecule has 3 heteroatoms. The van der Waals surface area contributed by atoms with Gasteiger partial charge in [-0.1, -0.05) is 60.7 Å². The lowest BCUT2D eigenvalue weighted by molar-refractivity contribution is 0.521. The van der Waals surface area contributed by atoms with Gasteiger partial charge in [0.05, 0.1) is 10.4 Å². The third-order valence-electron chi connectivity index (χ3n) is 4.12. The molecule has 4 rings (SSSR count). The molecule has 4 aromatic rings. The van der Waals surface area contributed by atoms with Gasteiger partial charge in [0.15, 0.2) is 5.58 Å². The van der Waals surface area contributed by atoms with Gasteiger partial charge in [0.25, 0.3) is 0 Å². The van der Waals surface area contributed by atoms with Crippen LogP contribution in [0.15, 0.2) is 81.7 Å². The van der Waals surface area contributed by atoms with Crippen LogP contribution >= 0.6 is 15.9 Å². The number of hydrogen-bond donors (Lipinski definition) is 0. The quantitative estimate of drug-likeness (QED) is 0.432. The summed E-state index contributed by atoms with van der Waals surface area (Å²) in [5, 5.41) is 0. The van der Waals surface area contributed by atoms with E-state index in [-0.39, 0.29) is 5.92 Å². The summed E-state index contributed by atoms with van der Waals surface area (Å²) in [4.78, 5) is 4.79. The van der Waals surface area contributed by atoms with Crippen LogP contribution in [0, 0.1) is 6.92 Å². The highest BCUT2D eigenvalue weighted by Crippen LogP contribution is 2.35. The molecular formula is C21H16BrNO. The maximum absolute atomic E-state index is 6.17. The maximum atomic E-state index is 6.17. The minimum atomic E-state index is -0.0213. The predicted octanol–water partition coefficient (Wildman–Crippen LogP) is 6.08. The summed E-state index contributed by atoms with van der Waals surface area (Å²) in [7, 11) is 0. The van der Waals surface area contributed by atoms with Crippen LogP contribution in [0.25, 0.3) is 11.1 Å². The highest BCUT2D eigenvalue weighted by Gasteiger charge is 2.23. The van der Waals surface area contributed by atoms with Crippen LogP contribution in [0.4, 0.5) is 0 Å². The number of hydrogen-bond acceptors (Lipinski definition) is 2. The van der Waals surface area contributed by atoms with E-state index in [0.717, 1.165) is 21.1 Å². The summed E-state index contributed by atoms with van der Waals surface area (Å²) < 4.78 is 7.11. The molecule has 0 saturated heterocycles. The second-order valence-electron chi connectivity index (χ2n) is 5.90. The fourth-order valence-electron chi connectivity index (χ4n) is 3.03. The lowest BCUT2D eigenvalue weighted by atomic mass is 9.91. The number of halogens is 1. The first kappa shape index (κ1) is 15.2. The van der Waals surface area contributed by atoms with Crippen molar-refractivity contribution in [3.05, 3.63) is 99.9 Å². The molecule has 3 aromatic carbocycles. The molecule has 0 aliphatic heterocycles. The van der Waals surface area contributed by atoms with Crippen LogP contribution in [0.2, 0.25) is 0 Å². The minimum absolute atomic E-state index is 0.0213. The summed E-state index contributed by atoms with van der Waals surface area (Å²) >= 11 is 3.59. The molecule has 118 valence electrons. The predicted molar refractivity (Wildman–Crippen MR) is 100 cm³/mol.